The SMILES string of the molecule is Cc1ccc(C(=O)N2CC(c3ccc(-c4ccc5cnccc5c4)cc3)C2)cc1CC(=O)c1ccc(CC(C)C)nc1. The van der Waals surface area contributed by atoms with Crippen LogP contribution >= 0.6 is 0 Å². The van der Waals surface area contributed by atoms with Gasteiger partial charge in [0, 0.05) is 66.2 Å². The van der Waals surface area contributed by atoms with Gasteiger partial charge in [0.15, 0.2) is 5.78 Å². The highest BCUT2D eigenvalue weighted by Crippen LogP contribution is 2.31. The minimum absolute atomic E-state index is 0.0134. The highest BCUT2D eigenvalue weighted by Gasteiger charge is 2.32. The maximum Gasteiger partial charge on any atom is 0.253 e. The van der Waals surface area contributed by atoms with Crippen molar-refractivity contribution >= 4 is 22.5 Å². The van der Waals surface area contributed by atoms with E-state index in [-0.39, 0.29) is 18.1 Å². The summed E-state index contributed by atoms with van der Waals surface area (Å²) < 4.78 is 0. The molecule has 0 unspecified atom stereocenters. The van der Waals surface area contributed by atoms with E-state index in [0.717, 1.165) is 28.6 Å². The van der Waals surface area contributed by atoms with Crippen molar-refractivity contribution in [3.05, 3.63) is 131 Å². The number of rotatable bonds is 8. The fourth-order valence-electron chi connectivity index (χ4n) is 5.65. The Kier molecular flexibility index (Phi) is 7.66. The molecule has 3 heterocycles. The monoisotopic (exact) mass is 553 g/mol. The summed E-state index contributed by atoms with van der Waals surface area (Å²) >= 11 is 0. The number of benzene rings is 3. The van der Waals surface area contributed by atoms with Crippen LogP contribution in [0.1, 0.15) is 62.9 Å². The molecule has 1 amide bonds. The van der Waals surface area contributed by atoms with Gasteiger partial charge in [0.2, 0.25) is 0 Å². The average molecular weight is 554 g/mol. The molecule has 1 saturated heterocycles. The molecule has 1 aliphatic rings. The second-order valence-electron chi connectivity index (χ2n) is 11.8. The maximum atomic E-state index is 13.3. The summed E-state index contributed by atoms with van der Waals surface area (Å²) in [6.07, 6.45) is 6.52. The normalized spacial score (nSPS) is 13.4. The minimum Gasteiger partial charge on any atom is -0.337 e. The Morgan fingerprint density at radius 2 is 1.60 bits per heavy atom. The van der Waals surface area contributed by atoms with Gasteiger partial charge in [0.1, 0.15) is 0 Å². The summed E-state index contributed by atoms with van der Waals surface area (Å²) in [7, 11) is 0. The van der Waals surface area contributed by atoms with Crippen LogP contribution in [0, 0.1) is 12.8 Å². The van der Waals surface area contributed by atoms with Crippen LogP contribution in [0.15, 0.2) is 97.5 Å². The summed E-state index contributed by atoms with van der Waals surface area (Å²) in [6.45, 7) is 7.68. The zero-order valence-electron chi connectivity index (χ0n) is 24.4. The molecule has 0 bridgehead atoms. The molecule has 5 aromatic rings. The number of amides is 1. The molecular formula is C37H35N3O2. The molecule has 1 fully saturated rings. The number of carbonyl (C=O) groups excluding carboxylic acids is 2. The van der Waals surface area contributed by atoms with Gasteiger partial charge in [-0.25, -0.2) is 0 Å². The maximum absolute atomic E-state index is 13.3. The third-order valence-electron chi connectivity index (χ3n) is 8.24. The fraction of sp³-hybridized carbons (Fsp3) is 0.243. The number of hydrogen-bond donors (Lipinski definition) is 0. The molecule has 5 nitrogen and oxygen atoms in total. The van der Waals surface area contributed by atoms with Gasteiger partial charge in [0.05, 0.1) is 0 Å². The van der Waals surface area contributed by atoms with Crippen molar-refractivity contribution in [2.75, 3.05) is 13.1 Å². The van der Waals surface area contributed by atoms with E-state index < -0.39 is 0 Å². The summed E-state index contributed by atoms with van der Waals surface area (Å²) in [5, 5.41) is 2.31. The molecule has 0 radical (unpaired) electrons. The second kappa shape index (κ2) is 11.7. The molecule has 0 spiro atoms. The van der Waals surface area contributed by atoms with Crippen molar-refractivity contribution in [2.24, 2.45) is 5.92 Å². The van der Waals surface area contributed by atoms with Crippen LogP contribution < -0.4 is 0 Å². The molecule has 2 aromatic heterocycles. The van der Waals surface area contributed by atoms with Crippen LogP contribution in [0.5, 0.6) is 0 Å². The quantitative estimate of drug-likeness (QED) is 0.187. The molecule has 0 aliphatic carbocycles. The zero-order valence-corrected chi connectivity index (χ0v) is 24.4. The number of Topliss-reactive ketones (excluding diaryl/α,β-unsaturated/α-hetero) is 1. The lowest BCUT2D eigenvalue weighted by atomic mass is 9.89. The lowest BCUT2D eigenvalue weighted by Crippen LogP contribution is -2.48. The molecular weight excluding hydrogens is 518 g/mol. The number of nitrogens with zero attached hydrogens (tertiary/aromatic N) is 3. The van der Waals surface area contributed by atoms with Crippen LogP contribution in [0.3, 0.4) is 0 Å². The van der Waals surface area contributed by atoms with Crippen molar-refractivity contribution in [3.8, 4) is 11.1 Å². The van der Waals surface area contributed by atoms with Crippen LogP contribution in [0.2, 0.25) is 0 Å². The second-order valence-corrected chi connectivity index (χ2v) is 11.8. The first-order chi connectivity index (χ1) is 20.3. The van der Waals surface area contributed by atoms with Crippen molar-refractivity contribution < 1.29 is 9.59 Å². The Morgan fingerprint density at radius 1 is 0.833 bits per heavy atom. The van der Waals surface area contributed by atoms with Crippen LogP contribution in [-0.4, -0.2) is 39.6 Å². The topological polar surface area (TPSA) is 63.2 Å². The van der Waals surface area contributed by atoms with E-state index in [4.69, 9.17) is 0 Å². The summed E-state index contributed by atoms with van der Waals surface area (Å²) in [5.41, 5.74) is 7.73. The predicted molar refractivity (Wildman–Crippen MR) is 168 cm³/mol. The highest BCUT2D eigenvalue weighted by atomic mass is 16.2. The third kappa shape index (κ3) is 5.87. The van der Waals surface area contributed by atoms with Crippen molar-refractivity contribution in [3.63, 3.8) is 0 Å². The third-order valence-corrected chi connectivity index (χ3v) is 8.24. The molecule has 210 valence electrons. The molecule has 3 aromatic carbocycles. The molecule has 5 heteroatoms. The molecule has 0 N–H and O–H groups in total. The van der Waals surface area contributed by atoms with Crippen molar-refractivity contribution in [1.29, 1.82) is 0 Å². The molecule has 0 atom stereocenters. The number of pyridine rings is 2. The van der Waals surface area contributed by atoms with E-state index in [1.54, 1.807) is 6.20 Å². The van der Waals surface area contributed by atoms with Crippen molar-refractivity contribution in [1.82, 2.24) is 14.9 Å². The smallest absolute Gasteiger partial charge is 0.253 e. The summed E-state index contributed by atoms with van der Waals surface area (Å²) in [5.74, 6) is 0.869. The van der Waals surface area contributed by atoms with Gasteiger partial charge in [-0.05, 0) is 88.9 Å². The first-order valence-corrected chi connectivity index (χ1v) is 14.6. The van der Waals surface area contributed by atoms with E-state index >= 15 is 0 Å². The predicted octanol–water partition coefficient (Wildman–Crippen LogP) is 7.47. The van der Waals surface area contributed by atoms with Gasteiger partial charge in [-0.15, -0.1) is 0 Å². The van der Waals surface area contributed by atoms with Crippen molar-refractivity contribution in [2.45, 2.75) is 39.5 Å². The van der Waals surface area contributed by atoms with Crippen LogP contribution in [0.4, 0.5) is 0 Å². The first kappa shape index (κ1) is 27.5. The van der Waals surface area contributed by atoms with Crippen LogP contribution in [-0.2, 0) is 12.8 Å². The Bertz CT molecular complexity index is 1750. The summed E-state index contributed by atoms with van der Waals surface area (Å²) in [6, 6.07) is 26.7. The minimum atomic E-state index is 0.0134. The molecule has 0 saturated carbocycles. The standard InChI is InChI=1S/C37H35N3O2/c1-24(2)16-35-13-12-32(21-39-35)36(41)19-33-18-30(5-4-25(33)3)37(42)40-22-34(23-40)27-8-6-26(7-9-27)28-10-11-31-20-38-15-14-29(31)17-28/h4-15,17-18,20-21,24,34H,16,19,22-23H2,1-3H3. The van der Waals surface area contributed by atoms with E-state index in [1.807, 2.05) is 60.6 Å². The van der Waals surface area contributed by atoms with Gasteiger partial charge < -0.3 is 4.90 Å². The first-order valence-electron chi connectivity index (χ1n) is 14.6. The number of fused-ring (bicyclic) bond motifs is 1. The number of likely N-dealkylation sites (tertiary alicyclic amines) is 1. The number of carbonyl (C=O) groups is 2. The largest absolute Gasteiger partial charge is 0.337 e. The molecule has 1 aliphatic heterocycles. The molecule has 42 heavy (non-hydrogen) atoms. The van der Waals surface area contributed by atoms with Gasteiger partial charge in [-0.2, -0.15) is 0 Å². The van der Waals surface area contributed by atoms with E-state index in [0.29, 0.717) is 36.1 Å². The van der Waals surface area contributed by atoms with Crippen LogP contribution in [0.25, 0.3) is 21.9 Å². The zero-order chi connectivity index (χ0) is 29.2. The summed E-state index contributed by atoms with van der Waals surface area (Å²) in [4.78, 5) is 36.9. The van der Waals surface area contributed by atoms with E-state index in [2.05, 4.69) is 66.3 Å². The highest BCUT2D eigenvalue weighted by molar-refractivity contribution is 5.99. The van der Waals surface area contributed by atoms with Gasteiger partial charge in [0.25, 0.3) is 5.91 Å². The number of aryl methyl sites for hydroxylation is 1. The number of ketones is 1. The van der Waals surface area contributed by atoms with Gasteiger partial charge in [-0.1, -0.05) is 56.3 Å². The average Bonchev–Trinajstić information content (AvgIpc) is 2.97. The van der Waals surface area contributed by atoms with E-state index in [9.17, 15) is 9.59 Å². The fourth-order valence-corrected chi connectivity index (χ4v) is 5.65. The Balaban J connectivity index is 1.08. The van der Waals surface area contributed by atoms with Gasteiger partial charge in [-0.3, -0.25) is 19.6 Å². The van der Waals surface area contributed by atoms with Gasteiger partial charge >= 0.3 is 0 Å². The Labute approximate surface area is 247 Å². The Morgan fingerprint density at radius 3 is 2.33 bits per heavy atom. The lowest BCUT2D eigenvalue weighted by Gasteiger charge is -2.39. The lowest BCUT2D eigenvalue weighted by molar-refractivity contribution is 0.0602. The number of aromatic nitrogens is 2. The Hall–Kier alpha value is -4.64. The molecule has 6 rings (SSSR count). The van der Waals surface area contributed by atoms with E-state index in [1.165, 1.54) is 22.1 Å². The number of hydrogen-bond acceptors (Lipinski definition) is 4.